The maximum atomic E-state index is 12.0. The van der Waals surface area contributed by atoms with Gasteiger partial charge in [0.25, 0.3) is 5.91 Å². The van der Waals surface area contributed by atoms with Crippen LogP contribution in [0.3, 0.4) is 0 Å². The Balaban J connectivity index is 1.86. The summed E-state index contributed by atoms with van der Waals surface area (Å²) in [5.41, 5.74) is 1.06. The van der Waals surface area contributed by atoms with Gasteiger partial charge >= 0.3 is 0 Å². The van der Waals surface area contributed by atoms with E-state index in [0.29, 0.717) is 22.7 Å². The number of hydrogen-bond acceptors (Lipinski definition) is 4. The minimum atomic E-state index is -0.339. The molecule has 6 heteroatoms. The number of anilines is 1. The van der Waals surface area contributed by atoms with Crippen LogP contribution in [-0.2, 0) is 4.79 Å². The van der Waals surface area contributed by atoms with Crippen LogP contribution >= 0.6 is 0 Å². The third-order valence-electron chi connectivity index (χ3n) is 3.12. The highest BCUT2D eigenvalue weighted by Gasteiger charge is 2.09. The van der Waals surface area contributed by atoms with E-state index in [1.54, 1.807) is 55.6 Å². The third kappa shape index (κ3) is 4.74. The number of methoxy groups -OCH3 is 2. The highest BCUT2D eigenvalue weighted by Crippen LogP contribution is 2.15. The molecule has 0 saturated carbocycles. The summed E-state index contributed by atoms with van der Waals surface area (Å²) in [6, 6.07) is 13.6. The molecule has 0 saturated heterocycles. The van der Waals surface area contributed by atoms with Crippen molar-refractivity contribution >= 4 is 17.5 Å². The fraction of sp³-hybridized carbons (Fsp3) is 0.176. The molecule has 0 unspecified atom stereocenters. The van der Waals surface area contributed by atoms with Gasteiger partial charge in [0.1, 0.15) is 11.5 Å². The molecule has 0 radical (unpaired) electrons. The molecule has 2 rings (SSSR count). The average molecular weight is 314 g/mol. The summed E-state index contributed by atoms with van der Waals surface area (Å²) < 4.78 is 10.1. The molecule has 2 aromatic rings. The van der Waals surface area contributed by atoms with Crippen molar-refractivity contribution in [3.63, 3.8) is 0 Å². The summed E-state index contributed by atoms with van der Waals surface area (Å²) in [5.74, 6) is 0.634. The standard InChI is InChI=1S/C17H18N2O4/c1-22-14-8-6-13(7-9-14)19-16(20)11-18-17(21)12-4-3-5-15(10-12)23-2/h3-10H,11H2,1-2H3,(H,18,21)(H,19,20). The molecular weight excluding hydrogens is 296 g/mol. The lowest BCUT2D eigenvalue weighted by molar-refractivity contribution is -0.115. The lowest BCUT2D eigenvalue weighted by Gasteiger charge is -2.08. The number of benzene rings is 2. The molecule has 0 atom stereocenters. The first-order chi connectivity index (χ1) is 11.1. The average Bonchev–Trinajstić information content (AvgIpc) is 2.60. The fourth-order valence-corrected chi connectivity index (χ4v) is 1.91. The summed E-state index contributed by atoms with van der Waals surface area (Å²) in [4.78, 5) is 23.8. The maximum Gasteiger partial charge on any atom is 0.251 e. The molecule has 0 aromatic heterocycles. The normalized spacial score (nSPS) is 9.83. The predicted octanol–water partition coefficient (Wildman–Crippen LogP) is 2.07. The van der Waals surface area contributed by atoms with Crippen LogP contribution in [0, 0.1) is 0 Å². The first-order valence-electron chi connectivity index (χ1n) is 6.98. The molecule has 0 aliphatic heterocycles. The quantitative estimate of drug-likeness (QED) is 0.856. The van der Waals surface area contributed by atoms with Gasteiger partial charge in [0.05, 0.1) is 20.8 Å². The van der Waals surface area contributed by atoms with E-state index in [-0.39, 0.29) is 18.4 Å². The van der Waals surface area contributed by atoms with Crippen LogP contribution in [0.2, 0.25) is 0 Å². The van der Waals surface area contributed by atoms with Crippen LogP contribution in [0.5, 0.6) is 11.5 Å². The number of carbonyl (C=O) groups excluding carboxylic acids is 2. The number of amides is 2. The second-order valence-corrected chi connectivity index (χ2v) is 4.69. The van der Waals surface area contributed by atoms with Gasteiger partial charge in [0, 0.05) is 11.3 Å². The number of ether oxygens (including phenoxy) is 2. The van der Waals surface area contributed by atoms with Crippen molar-refractivity contribution in [2.45, 2.75) is 0 Å². The summed E-state index contributed by atoms with van der Waals surface area (Å²) >= 11 is 0. The monoisotopic (exact) mass is 314 g/mol. The van der Waals surface area contributed by atoms with Crippen LogP contribution in [0.25, 0.3) is 0 Å². The molecule has 0 aliphatic rings. The summed E-state index contributed by atoms with van der Waals surface area (Å²) in [7, 11) is 3.10. The molecule has 2 amide bonds. The second kappa shape index (κ2) is 7.84. The summed E-state index contributed by atoms with van der Waals surface area (Å²) in [5, 5.41) is 5.25. The van der Waals surface area contributed by atoms with E-state index in [2.05, 4.69) is 10.6 Å². The molecule has 6 nitrogen and oxygen atoms in total. The van der Waals surface area contributed by atoms with E-state index >= 15 is 0 Å². The van der Waals surface area contributed by atoms with E-state index < -0.39 is 0 Å². The van der Waals surface area contributed by atoms with Gasteiger partial charge in [0.15, 0.2) is 0 Å². The molecule has 0 spiro atoms. The highest BCUT2D eigenvalue weighted by atomic mass is 16.5. The Hall–Kier alpha value is -3.02. The Morgan fingerprint density at radius 1 is 0.957 bits per heavy atom. The number of carbonyl (C=O) groups is 2. The van der Waals surface area contributed by atoms with Gasteiger partial charge in [-0.3, -0.25) is 9.59 Å². The van der Waals surface area contributed by atoms with Crippen molar-refractivity contribution in [2.24, 2.45) is 0 Å². The predicted molar refractivity (Wildman–Crippen MR) is 87.0 cm³/mol. The Morgan fingerprint density at radius 3 is 2.30 bits per heavy atom. The largest absolute Gasteiger partial charge is 0.497 e. The van der Waals surface area contributed by atoms with Gasteiger partial charge in [0.2, 0.25) is 5.91 Å². The van der Waals surface area contributed by atoms with Gasteiger partial charge in [-0.2, -0.15) is 0 Å². The molecule has 23 heavy (non-hydrogen) atoms. The molecule has 0 heterocycles. The zero-order chi connectivity index (χ0) is 16.7. The van der Waals surface area contributed by atoms with E-state index in [4.69, 9.17) is 9.47 Å². The molecule has 120 valence electrons. The van der Waals surface area contributed by atoms with E-state index in [0.717, 1.165) is 0 Å². The number of rotatable bonds is 6. The van der Waals surface area contributed by atoms with Gasteiger partial charge < -0.3 is 20.1 Å². The molecular formula is C17H18N2O4. The zero-order valence-corrected chi connectivity index (χ0v) is 13.0. The van der Waals surface area contributed by atoms with Crippen molar-refractivity contribution in [3.05, 3.63) is 54.1 Å². The van der Waals surface area contributed by atoms with Gasteiger partial charge in [-0.15, -0.1) is 0 Å². The number of hydrogen-bond donors (Lipinski definition) is 2. The van der Waals surface area contributed by atoms with Crippen molar-refractivity contribution < 1.29 is 19.1 Å². The zero-order valence-electron chi connectivity index (χ0n) is 13.0. The number of nitrogens with one attached hydrogen (secondary N) is 2. The third-order valence-corrected chi connectivity index (χ3v) is 3.12. The smallest absolute Gasteiger partial charge is 0.251 e. The Kier molecular flexibility index (Phi) is 5.57. The van der Waals surface area contributed by atoms with Crippen LogP contribution < -0.4 is 20.1 Å². The van der Waals surface area contributed by atoms with E-state index in [9.17, 15) is 9.59 Å². The van der Waals surface area contributed by atoms with Crippen molar-refractivity contribution in [1.82, 2.24) is 5.32 Å². The van der Waals surface area contributed by atoms with Gasteiger partial charge in [-0.25, -0.2) is 0 Å². The van der Waals surface area contributed by atoms with Gasteiger partial charge in [-0.1, -0.05) is 6.07 Å². The van der Waals surface area contributed by atoms with E-state index in [1.165, 1.54) is 7.11 Å². The topological polar surface area (TPSA) is 76.7 Å². The molecule has 0 fully saturated rings. The van der Waals surface area contributed by atoms with E-state index in [1.807, 2.05) is 0 Å². The minimum Gasteiger partial charge on any atom is -0.497 e. The lowest BCUT2D eigenvalue weighted by atomic mass is 10.2. The van der Waals surface area contributed by atoms with Crippen molar-refractivity contribution in [3.8, 4) is 11.5 Å². The van der Waals surface area contributed by atoms with Crippen LogP contribution in [0.15, 0.2) is 48.5 Å². The van der Waals surface area contributed by atoms with Crippen molar-refractivity contribution in [1.29, 1.82) is 0 Å². The lowest BCUT2D eigenvalue weighted by Crippen LogP contribution is -2.32. The first-order valence-corrected chi connectivity index (χ1v) is 6.98. The second-order valence-electron chi connectivity index (χ2n) is 4.69. The molecule has 2 N–H and O–H groups in total. The van der Waals surface area contributed by atoms with Gasteiger partial charge in [-0.05, 0) is 42.5 Å². The van der Waals surface area contributed by atoms with Crippen LogP contribution in [-0.4, -0.2) is 32.6 Å². The Morgan fingerprint density at radius 2 is 1.65 bits per heavy atom. The van der Waals surface area contributed by atoms with Crippen molar-refractivity contribution in [2.75, 3.05) is 26.1 Å². The molecule has 2 aromatic carbocycles. The SMILES string of the molecule is COc1ccc(NC(=O)CNC(=O)c2cccc(OC)c2)cc1. The minimum absolute atomic E-state index is 0.123. The Bertz CT molecular complexity index is 683. The molecule has 0 bridgehead atoms. The molecule has 0 aliphatic carbocycles. The highest BCUT2D eigenvalue weighted by molar-refractivity contribution is 5.99. The summed E-state index contributed by atoms with van der Waals surface area (Å²) in [6.07, 6.45) is 0. The maximum absolute atomic E-state index is 12.0. The van der Waals surface area contributed by atoms with Crippen LogP contribution in [0.4, 0.5) is 5.69 Å². The fourth-order valence-electron chi connectivity index (χ4n) is 1.91. The summed E-state index contributed by atoms with van der Waals surface area (Å²) in [6.45, 7) is -0.123. The Labute approximate surface area is 134 Å². The van der Waals surface area contributed by atoms with Crippen LogP contribution in [0.1, 0.15) is 10.4 Å². The first kappa shape index (κ1) is 16.4.